The molecule has 3 aromatic carbocycles. The molecule has 0 aromatic heterocycles. The molecule has 0 aliphatic carbocycles. The lowest BCUT2D eigenvalue weighted by Gasteiger charge is -2.37. The molecule has 1 atom stereocenters. The Labute approximate surface area is 221 Å². The number of rotatable bonds is 10. The molecule has 2 N–H and O–H groups in total. The minimum absolute atomic E-state index is 0.0240. The van der Waals surface area contributed by atoms with Crippen LogP contribution in [0.15, 0.2) is 66.7 Å². The Kier molecular flexibility index (Phi) is 9.10. The third-order valence-corrected chi connectivity index (χ3v) is 5.61. The number of alkyl halides is 7. The Bertz CT molecular complexity index is 1300. The number of carbonyl (C=O) groups excluding carboxylic acids is 1. The second-order valence-electron chi connectivity index (χ2n) is 8.50. The van der Waals surface area contributed by atoms with Crippen LogP contribution in [0.2, 0.25) is 0 Å². The molecule has 0 radical (unpaired) electrons. The standard InChI is InChI=1S/C26H21F9N2O3/c1-39-20-8-2-15(3-9-20)13-24(16-4-6-18(27)7-5-16,37-23(38)36-14-25(31,32)33)17-10-19(28)12-21(11-17)40-26(34,35)22(29)30/h2-12,22H,13-14H2,1H3,(H2,36,37,38). The molecule has 2 amide bonds. The molecule has 1 unspecified atom stereocenters. The number of hydrogen-bond donors (Lipinski definition) is 2. The number of amides is 2. The van der Waals surface area contributed by atoms with Crippen molar-refractivity contribution in [3.63, 3.8) is 0 Å². The molecule has 0 heterocycles. The summed E-state index contributed by atoms with van der Waals surface area (Å²) in [6.45, 7) is -1.76. The van der Waals surface area contributed by atoms with Crippen molar-refractivity contribution in [3.05, 3.63) is 95.1 Å². The number of methoxy groups -OCH3 is 1. The Hall–Kier alpha value is -4.10. The van der Waals surface area contributed by atoms with Crippen molar-refractivity contribution in [2.45, 2.75) is 30.7 Å². The summed E-state index contributed by atoms with van der Waals surface area (Å²) in [7, 11) is 1.38. The van der Waals surface area contributed by atoms with Gasteiger partial charge >= 0.3 is 24.7 Å². The van der Waals surface area contributed by atoms with E-state index in [1.807, 2.05) is 0 Å². The number of hydrogen-bond acceptors (Lipinski definition) is 3. The minimum atomic E-state index is -5.03. The van der Waals surface area contributed by atoms with Crippen LogP contribution in [0.3, 0.4) is 0 Å². The van der Waals surface area contributed by atoms with Crippen LogP contribution in [0.5, 0.6) is 11.5 Å². The molecule has 40 heavy (non-hydrogen) atoms. The Morgan fingerprint density at radius 1 is 0.825 bits per heavy atom. The molecule has 216 valence electrons. The van der Waals surface area contributed by atoms with Gasteiger partial charge in [-0.15, -0.1) is 0 Å². The van der Waals surface area contributed by atoms with Gasteiger partial charge in [0.2, 0.25) is 0 Å². The fourth-order valence-electron chi connectivity index (χ4n) is 3.83. The van der Waals surface area contributed by atoms with Crippen molar-refractivity contribution in [1.82, 2.24) is 10.6 Å². The summed E-state index contributed by atoms with van der Waals surface area (Å²) >= 11 is 0. The van der Waals surface area contributed by atoms with Crippen molar-refractivity contribution in [1.29, 1.82) is 0 Å². The third kappa shape index (κ3) is 7.73. The normalized spacial score (nSPS) is 13.5. The van der Waals surface area contributed by atoms with Gasteiger partial charge in [-0.25, -0.2) is 13.6 Å². The van der Waals surface area contributed by atoms with Crippen LogP contribution in [0, 0.1) is 11.6 Å². The van der Waals surface area contributed by atoms with Gasteiger partial charge < -0.3 is 20.1 Å². The van der Waals surface area contributed by atoms with E-state index in [0.29, 0.717) is 17.4 Å². The van der Waals surface area contributed by atoms with Crippen LogP contribution in [-0.4, -0.2) is 38.4 Å². The molecule has 0 bridgehead atoms. The molecule has 0 saturated carbocycles. The van der Waals surface area contributed by atoms with E-state index in [1.165, 1.54) is 31.4 Å². The number of carbonyl (C=O) groups is 1. The average molecular weight is 580 g/mol. The maximum Gasteiger partial charge on any atom is 0.461 e. The van der Waals surface area contributed by atoms with E-state index in [2.05, 4.69) is 10.1 Å². The van der Waals surface area contributed by atoms with E-state index in [4.69, 9.17) is 4.74 Å². The topological polar surface area (TPSA) is 59.6 Å². The number of urea groups is 1. The van der Waals surface area contributed by atoms with Crippen molar-refractivity contribution in [2.24, 2.45) is 0 Å². The highest BCUT2D eigenvalue weighted by atomic mass is 19.4. The second kappa shape index (κ2) is 12.0. The predicted molar refractivity (Wildman–Crippen MR) is 124 cm³/mol. The zero-order valence-corrected chi connectivity index (χ0v) is 20.5. The summed E-state index contributed by atoms with van der Waals surface area (Å²) in [5.41, 5.74) is -2.12. The maximum atomic E-state index is 14.7. The first-order chi connectivity index (χ1) is 18.6. The van der Waals surface area contributed by atoms with Gasteiger partial charge in [0.25, 0.3) is 0 Å². The lowest BCUT2D eigenvalue weighted by molar-refractivity contribution is -0.253. The van der Waals surface area contributed by atoms with Gasteiger partial charge in [0.1, 0.15) is 29.7 Å². The van der Waals surface area contributed by atoms with E-state index in [0.717, 1.165) is 36.4 Å². The molecular formula is C26H21F9N2O3. The van der Waals surface area contributed by atoms with E-state index < -0.39 is 59.8 Å². The smallest absolute Gasteiger partial charge is 0.461 e. The fourth-order valence-corrected chi connectivity index (χ4v) is 3.83. The van der Waals surface area contributed by atoms with Gasteiger partial charge in [-0.2, -0.15) is 30.7 Å². The molecule has 0 saturated heterocycles. The summed E-state index contributed by atoms with van der Waals surface area (Å²) in [4.78, 5) is 12.7. The summed E-state index contributed by atoms with van der Waals surface area (Å²) in [6, 6.07) is 10.5. The summed E-state index contributed by atoms with van der Waals surface area (Å²) in [6.07, 6.45) is -14.5. The van der Waals surface area contributed by atoms with Crippen LogP contribution in [0.25, 0.3) is 0 Å². The van der Waals surface area contributed by atoms with Crippen LogP contribution < -0.4 is 20.1 Å². The summed E-state index contributed by atoms with van der Waals surface area (Å²) < 4.78 is 129. The molecule has 0 aliphatic heterocycles. The van der Waals surface area contributed by atoms with E-state index >= 15 is 0 Å². The predicted octanol–water partition coefficient (Wildman–Crippen LogP) is 6.56. The van der Waals surface area contributed by atoms with Gasteiger partial charge in [-0.1, -0.05) is 24.3 Å². The molecule has 3 rings (SSSR count). The van der Waals surface area contributed by atoms with Crippen molar-refractivity contribution >= 4 is 6.03 Å². The molecule has 5 nitrogen and oxygen atoms in total. The van der Waals surface area contributed by atoms with E-state index in [9.17, 15) is 44.3 Å². The quantitative estimate of drug-likeness (QED) is 0.267. The number of halogens is 9. The molecule has 0 aliphatic rings. The van der Waals surface area contributed by atoms with Gasteiger partial charge in [-0.05, 0) is 53.1 Å². The second-order valence-corrected chi connectivity index (χ2v) is 8.50. The zero-order valence-electron chi connectivity index (χ0n) is 20.5. The molecule has 3 aromatic rings. The highest BCUT2D eigenvalue weighted by molar-refractivity contribution is 5.76. The largest absolute Gasteiger partial charge is 0.497 e. The fraction of sp³-hybridized carbons (Fsp3) is 0.269. The number of benzene rings is 3. The first-order valence-electron chi connectivity index (χ1n) is 11.3. The Morgan fingerprint density at radius 2 is 1.45 bits per heavy atom. The summed E-state index contributed by atoms with van der Waals surface area (Å²) in [5, 5.41) is 3.91. The highest BCUT2D eigenvalue weighted by Crippen LogP contribution is 2.38. The monoisotopic (exact) mass is 580 g/mol. The van der Waals surface area contributed by atoms with E-state index in [-0.39, 0.29) is 12.0 Å². The molecule has 14 heteroatoms. The van der Waals surface area contributed by atoms with E-state index in [1.54, 1.807) is 5.32 Å². The van der Waals surface area contributed by atoms with Gasteiger partial charge in [0.05, 0.1) is 12.6 Å². The SMILES string of the molecule is COc1ccc(CC(NC(=O)NCC(F)(F)F)(c2ccc(F)cc2)c2cc(F)cc(OC(F)(F)C(F)F)c2)cc1. The van der Waals surface area contributed by atoms with Crippen molar-refractivity contribution in [2.75, 3.05) is 13.7 Å². The third-order valence-electron chi connectivity index (χ3n) is 5.61. The van der Waals surface area contributed by atoms with Gasteiger partial charge in [0.15, 0.2) is 0 Å². The first-order valence-corrected chi connectivity index (χ1v) is 11.3. The average Bonchev–Trinajstić information content (AvgIpc) is 2.87. The zero-order chi connectivity index (χ0) is 29.7. The van der Waals surface area contributed by atoms with Crippen LogP contribution in [0.4, 0.5) is 44.3 Å². The van der Waals surface area contributed by atoms with Gasteiger partial charge in [0, 0.05) is 12.5 Å². The molecular weight excluding hydrogens is 559 g/mol. The highest BCUT2D eigenvalue weighted by Gasteiger charge is 2.45. The van der Waals surface area contributed by atoms with Crippen molar-refractivity contribution in [3.8, 4) is 11.5 Å². The van der Waals surface area contributed by atoms with Crippen LogP contribution in [-0.2, 0) is 12.0 Å². The lowest BCUT2D eigenvalue weighted by atomic mass is 9.77. The number of ether oxygens (including phenoxy) is 2. The Morgan fingerprint density at radius 3 is 2.00 bits per heavy atom. The lowest BCUT2D eigenvalue weighted by Crippen LogP contribution is -2.53. The van der Waals surface area contributed by atoms with Crippen LogP contribution >= 0.6 is 0 Å². The molecule has 0 fully saturated rings. The molecule has 0 spiro atoms. The maximum absolute atomic E-state index is 14.7. The van der Waals surface area contributed by atoms with Crippen molar-refractivity contribution < 1.29 is 53.8 Å². The minimum Gasteiger partial charge on any atom is -0.497 e. The van der Waals surface area contributed by atoms with Gasteiger partial charge in [-0.3, -0.25) is 0 Å². The van der Waals surface area contributed by atoms with Crippen LogP contribution in [0.1, 0.15) is 16.7 Å². The number of nitrogens with one attached hydrogen (secondary N) is 2. The Balaban J connectivity index is 2.23. The first kappa shape index (κ1) is 30.4. The summed E-state index contributed by atoms with van der Waals surface area (Å²) in [5.74, 6) is -2.68.